The average Bonchev–Trinajstić information content (AvgIpc) is 3.59. The van der Waals surface area contributed by atoms with Crippen molar-refractivity contribution >= 4 is 43.5 Å². The number of hydrogen-bond acceptors (Lipinski definition) is 7. The van der Waals surface area contributed by atoms with Crippen molar-refractivity contribution in [1.82, 2.24) is 30.1 Å². The molecule has 10 nitrogen and oxygen atoms in total. The van der Waals surface area contributed by atoms with Crippen molar-refractivity contribution in [3.05, 3.63) is 78.3 Å². The minimum atomic E-state index is -3.23. The highest BCUT2D eigenvalue weighted by molar-refractivity contribution is 7.90. The summed E-state index contributed by atoms with van der Waals surface area (Å²) >= 11 is 0. The van der Waals surface area contributed by atoms with Crippen LogP contribution in [0.15, 0.2) is 61.1 Å². The Morgan fingerprint density at radius 1 is 1.00 bits per heavy atom. The molecular formula is C33H31F2N7O3S. The molecular weight excluding hydrogens is 612 g/mol. The number of carbonyl (C=O) groups excluding carboxylic acids is 1. The van der Waals surface area contributed by atoms with Gasteiger partial charge in [0, 0.05) is 41.8 Å². The van der Waals surface area contributed by atoms with Crippen LogP contribution in [0.4, 0.5) is 14.5 Å². The summed E-state index contributed by atoms with van der Waals surface area (Å²) in [6.07, 6.45) is 6.17. The predicted octanol–water partition coefficient (Wildman–Crippen LogP) is 6.47. The van der Waals surface area contributed by atoms with Gasteiger partial charge >= 0.3 is 0 Å². The number of nitrogens with one attached hydrogen (secondary N) is 3. The number of aromatic nitrogens is 6. The normalized spacial score (nSPS) is 12.2. The molecule has 0 spiro atoms. The molecule has 236 valence electrons. The molecule has 0 aliphatic rings. The number of benzene rings is 2. The van der Waals surface area contributed by atoms with Crippen molar-refractivity contribution in [2.45, 2.75) is 33.6 Å². The molecule has 2 aromatic carbocycles. The summed E-state index contributed by atoms with van der Waals surface area (Å²) in [6.45, 7) is 5.90. The van der Waals surface area contributed by atoms with E-state index in [1.807, 2.05) is 20.8 Å². The van der Waals surface area contributed by atoms with Gasteiger partial charge in [0.25, 0.3) is 0 Å². The molecule has 4 heterocycles. The van der Waals surface area contributed by atoms with Crippen LogP contribution in [0, 0.1) is 17.0 Å². The molecule has 0 aliphatic carbocycles. The number of imidazole rings is 1. The zero-order valence-electron chi connectivity index (χ0n) is 25.6. The third kappa shape index (κ3) is 6.64. The maximum absolute atomic E-state index is 16.3. The summed E-state index contributed by atoms with van der Waals surface area (Å²) in [5, 5.41) is 10.2. The first-order chi connectivity index (χ1) is 21.7. The van der Waals surface area contributed by atoms with Crippen LogP contribution in [0.5, 0.6) is 0 Å². The monoisotopic (exact) mass is 643 g/mol. The summed E-state index contributed by atoms with van der Waals surface area (Å²) in [5.74, 6) is -1.10. The van der Waals surface area contributed by atoms with E-state index in [1.54, 1.807) is 30.3 Å². The third-order valence-corrected chi connectivity index (χ3v) is 8.28. The molecule has 6 aromatic rings. The number of amides is 1. The van der Waals surface area contributed by atoms with E-state index in [1.165, 1.54) is 30.7 Å². The van der Waals surface area contributed by atoms with E-state index in [4.69, 9.17) is 0 Å². The number of halogens is 2. The Labute approximate surface area is 263 Å². The number of nitrogens with zero attached hydrogens (tertiary/aromatic N) is 4. The largest absolute Gasteiger partial charge is 0.335 e. The second-order valence-corrected chi connectivity index (χ2v) is 14.8. The molecule has 1 amide bonds. The van der Waals surface area contributed by atoms with E-state index < -0.39 is 21.5 Å². The first-order valence-corrected chi connectivity index (χ1v) is 16.5. The van der Waals surface area contributed by atoms with Crippen LogP contribution in [-0.4, -0.2) is 56.5 Å². The molecule has 6 rings (SSSR count). The zero-order valence-corrected chi connectivity index (χ0v) is 26.4. The molecule has 13 heteroatoms. The maximum Gasteiger partial charge on any atom is 0.224 e. The van der Waals surface area contributed by atoms with Gasteiger partial charge in [-0.1, -0.05) is 26.8 Å². The molecule has 0 radical (unpaired) electrons. The van der Waals surface area contributed by atoms with Gasteiger partial charge in [0.05, 0.1) is 34.1 Å². The lowest BCUT2D eigenvalue weighted by molar-refractivity contribution is -0.117. The Bertz CT molecular complexity index is 2240. The highest BCUT2D eigenvalue weighted by Gasteiger charge is 2.22. The Kier molecular flexibility index (Phi) is 7.88. The topological polar surface area (TPSA) is 146 Å². The minimum Gasteiger partial charge on any atom is -0.335 e. The molecule has 46 heavy (non-hydrogen) atoms. The third-order valence-electron chi connectivity index (χ3n) is 7.34. The van der Waals surface area contributed by atoms with Crippen molar-refractivity contribution in [1.29, 1.82) is 0 Å². The molecule has 3 N–H and O–H groups in total. The smallest absolute Gasteiger partial charge is 0.224 e. The fraction of sp³-hybridized carbons (Fsp3) is 0.242. The van der Waals surface area contributed by atoms with Crippen LogP contribution >= 0.6 is 0 Å². The van der Waals surface area contributed by atoms with E-state index in [-0.39, 0.29) is 46.0 Å². The Balaban J connectivity index is 1.38. The maximum atomic E-state index is 16.3. The number of sulfone groups is 1. The molecule has 0 unspecified atom stereocenters. The lowest BCUT2D eigenvalue weighted by Gasteiger charge is -2.17. The number of aromatic amines is 2. The van der Waals surface area contributed by atoms with Crippen molar-refractivity contribution in [2.75, 3.05) is 17.3 Å². The van der Waals surface area contributed by atoms with Gasteiger partial charge in [0.2, 0.25) is 5.91 Å². The van der Waals surface area contributed by atoms with Gasteiger partial charge in [-0.15, -0.1) is 0 Å². The van der Waals surface area contributed by atoms with Gasteiger partial charge in [-0.3, -0.25) is 14.9 Å². The predicted molar refractivity (Wildman–Crippen MR) is 174 cm³/mol. The SMILES string of the molecule is CC(C)(C)CC(=O)Nc1cncc(-c2ccc3[nH]nc(-c4nc5nccc(-c6cc(F)cc(CCS(C)(=O)=O)c6)c5[nH]4)c3c2F)c1. The number of aryl methyl sites for hydroxylation is 1. The van der Waals surface area contributed by atoms with Crippen molar-refractivity contribution < 1.29 is 22.0 Å². The van der Waals surface area contributed by atoms with Crippen LogP contribution < -0.4 is 5.32 Å². The van der Waals surface area contributed by atoms with Crippen molar-refractivity contribution in [2.24, 2.45) is 5.41 Å². The van der Waals surface area contributed by atoms with Gasteiger partial charge < -0.3 is 10.3 Å². The molecule has 0 bridgehead atoms. The summed E-state index contributed by atoms with van der Waals surface area (Å²) in [6, 6.07) is 11.1. The first-order valence-electron chi connectivity index (χ1n) is 14.5. The summed E-state index contributed by atoms with van der Waals surface area (Å²) in [7, 11) is -3.23. The van der Waals surface area contributed by atoms with Crippen molar-refractivity contribution in [3.63, 3.8) is 0 Å². The zero-order chi connectivity index (χ0) is 32.8. The summed E-state index contributed by atoms with van der Waals surface area (Å²) in [5.41, 5.74) is 4.04. The minimum absolute atomic E-state index is 0.109. The van der Waals surface area contributed by atoms with E-state index in [0.717, 1.165) is 6.26 Å². The molecule has 0 atom stereocenters. The van der Waals surface area contributed by atoms with E-state index >= 15 is 4.39 Å². The van der Waals surface area contributed by atoms with Gasteiger partial charge in [0.1, 0.15) is 27.2 Å². The number of fused-ring (bicyclic) bond motifs is 2. The summed E-state index contributed by atoms with van der Waals surface area (Å²) in [4.78, 5) is 28.8. The van der Waals surface area contributed by atoms with E-state index in [0.29, 0.717) is 51.0 Å². The van der Waals surface area contributed by atoms with Crippen LogP contribution in [0.25, 0.3) is 55.8 Å². The van der Waals surface area contributed by atoms with Crippen LogP contribution in [0.1, 0.15) is 32.8 Å². The Hall–Kier alpha value is -5.04. The Morgan fingerprint density at radius 3 is 2.57 bits per heavy atom. The van der Waals surface area contributed by atoms with Crippen molar-refractivity contribution in [3.8, 4) is 33.8 Å². The number of H-pyrrole nitrogens is 2. The molecule has 0 aliphatic heterocycles. The van der Waals surface area contributed by atoms with E-state index in [9.17, 15) is 17.6 Å². The molecule has 0 saturated heterocycles. The van der Waals surface area contributed by atoms with Gasteiger partial charge in [-0.2, -0.15) is 5.10 Å². The first kappa shape index (κ1) is 31.0. The number of rotatable bonds is 8. The lowest BCUT2D eigenvalue weighted by atomic mass is 9.92. The summed E-state index contributed by atoms with van der Waals surface area (Å²) < 4.78 is 54.3. The number of hydrogen-bond donors (Lipinski definition) is 3. The van der Waals surface area contributed by atoms with Crippen LogP contribution in [0.2, 0.25) is 0 Å². The fourth-order valence-corrected chi connectivity index (χ4v) is 5.93. The quantitative estimate of drug-likeness (QED) is 0.172. The fourth-order valence-electron chi connectivity index (χ4n) is 5.33. The van der Waals surface area contributed by atoms with Gasteiger partial charge in [-0.05, 0) is 59.4 Å². The molecule has 0 fully saturated rings. The van der Waals surface area contributed by atoms with Crippen LogP contribution in [0.3, 0.4) is 0 Å². The number of carbonyl (C=O) groups is 1. The highest BCUT2D eigenvalue weighted by atomic mass is 32.2. The lowest BCUT2D eigenvalue weighted by Crippen LogP contribution is -2.19. The number of pyridine rings is 2. The van der Waals surface area contributed by atoms with Gasteiger partial charge in [-0.25, -0.2) is 27.2 Å². The Morgan fingerprint density at radius 2 is 1.80 bits per heavy atom. The highest BCUT2D eigenvalue weighted by Crippen LogP contribution is 2.36. The van der Waals surface area contributed by atoms with E-state index in [2.05, 4.69) is 35.5 Å². The molecule has 4 aromatic heterocycles. The second-order valence-electron chi connectivity index (χ2n) is 12.5. The standard InChI is InChI=1S/C33H31F2N7O3S/c1-33(2,3)15-26(43)38-22-14-20(16-36-17-22)23-5-6-25-27(28(23)35)30(42-41-25)32-39-29-24(7-9-37-31(29)40-32)19-11-18(12-21(34)13-19)8-10-46(4,44)45/h5-7,9,11-14,16-17H,8,10,15H2,1-4H3,(H,38,43)(H,41,42)(H,37,39,40). The molecule has 0 saturated carbocycles. The van der Waals surface area contributed by atoms with Gasteiger partial charge in [0.15, 0.2) is 11.5 Å². The van der Waals surface area contributed by atoms with Crippen LogP contribution in [-0.2, 0) is 21.1 Å². The number of anilines is 1. The average molecular weight is 644 g/mol. The second kappa shape index (κ2) is 11.7.